The molecule has 0 aliphatic heterocycles. The lowest BCUT2D eigenvalue weighted by Gasteiger charge is -2.30. The van der Waals surface area contributed by atoms with Crippen molar-refractivity contribution in [2.45, 2.75) is 37.8 Å². The van der Waals surface area contributed by atoms with E-state index in [2.05, 4.69) is 10.3 Å². The topological polar surface area (TPSA) is 111 Å². The summed E-state index contributed by atoms with van der Waals surface area (Å²) in [4.78, 5) is 14.0. The van der Waals surface area contributed by atoms with Gasteiger partial charge in [-0.1, -0.05) is 42.7 Å². The number of nitrogens with one attached hydrogen (secondary N) is 1. The van der Waals surface area contributed by atoms with Crippen LogP contribution in [0.25, 0.3) is 23.1 Å². The molecular weight excluding hydrogens is 424 g/mol. The van der Waals surface area contributed by atoms with Crippen molar-refractivity contribution in [1.82, 2.24) is 9.97 Å². The first-order chi connectivity index (χ1) is 15.5. The summed E-state index contributed by atoms with van der Waals surface area (Å²) in [6.07, 6.45) is 7.98. The monoisotopic (exact) mass is 450 g/mol. The van der Waals surface area contributed by atoms with Crippen molar-refractivity contribution in [1.29, 1.82) is 0 Å². The van der Waals surface area contributed by atoms with Crippen molar-refractivity contribution in [3.8, 4) is 5.75 Å². The third kappa shape index (κ3) is 5.29. The van der Waals surface area contributed by atoms with Gasteiger partial charge >= 0.3 is 0 Å². The van der Waals surface area contributed by atoms with Crippen LogP contribution in [0.3, 0.4) is 0 Å². The summed E-state index contributed by atoms with van der Waals surface area (Å²) in [6.45, 7) is 0. The lowest BCUT2D eigenvalue weighted by atomic mass is 9.90. The number of hydrogen-bond acceptors (Lipinski definition) is 5. The summed E-state index contributed by atoms with van der Waals surface area (Å²) in [5.74, 6) is 2.21. The number of ether oxygens (including phenoxy) is 1. The van der Waals surface area contributed by atoms with Crippen LogP contribution in [0, 0.1) is 0 Å². The van der Waals surface area contributed by atoms with E-state index in [0.29, 0.717) is 10.8 Å². The molecule has 8 heteroatoms. The number of aromatic nitrogens is 2. The second kappa shape index (κ2) is 9.87. The van der Waals surface area contributed by atoms with E-state index in [-0.39, 0.29) is 18.0 Å². The summed E-state index contributed by atoms with van der Waals surface area (Å²) in [5, 5.41) is 5.19. The second-order valence-electron chi connectivity index (χ2n) is 7.85. The van der Waals surface area contributed by atoms with Crippen molar-refractivity contribution >= 4 is 46.4 Å². The number of nitrogens with zero attached hydrogens (tertiary/aromatic N) is 3. The Kier molecular flexibility index (Phi) is 6.75. The summed E-state index contributed by atoms with van der Waals surface area (Å²) in [5.41, 5.74) is 13.2. The van der Waals surface area contributed by atoms with Gasteiger partial charge in [-0.05, 0) is 54.8 Å². The van der Waals surface area contributed by atoms with Gasteiger partial charge in [0, 0.05) is 10.4 Å². The first-order valence-electron chi connectivity index (χ1n) is 10.7. The van der Waals surface area contributed by atoms with E-state index in [1.807, 2.05) is 54.6 Å². The predicted molar refractivity (Wildman–Crippen MR) is 132 cm³/mol. The molecule has 1 aromatic heterocycles. The average Bonchev–Trinajstić information content (AvgIpc) is 2.79. The Hall–Kier alpha value is -3.32. The third-order valence-corrected chi connectivity index (χ3v) is 5.83. The highest BCUT2D eigenvalue weighted by atomic mass is 35.5. The molecule has 7 nitrogen and oxygen atoms in total. The summed E-state index contributed by atoms with van der Waals surface area (Å²) in [7, 11) is 1.65. The second-order valence-corrected chi connectivity index (χ2v) is 8.29. The highest BCUT2D eigenvalue weighted by Gasteiger charge is 2.26. The fourth-order valence-corrected chi connectivity index (χ4v) is 4.11. The van der Waals surface area contributed by atoms with Gasteiger partial charge in [-0.3, -0.25) is 0 Å². The number of rotatable bonds is 6. The smallest absolute Gasteiger partial charge is 0.186 e. The molecule has 5 N–H and O–H groups in total. The fourth-order valence-electron chi connectivity index (χ4n) is 3.98. The van der Waals surface area contributed by atoms with E-state index < -0.39 is 0 Å². The summed E-state index contributed by atoms with van der Waals surface area (Å²) < 4.78 is 5.42. The molecule has 2 atom stereocenters. The van der Waals surface area contributed by atoms with E-state index in [9.17, 15) is 0 Å². The number of benzene rings is 2. The minimum absolute atomic E-state index is 0.0115. The van der Waals surface area contributed by atoms with Gasteiger partial charge in [0.25, 0.3) is 0 Å². The van der Waals surface area contributed by atoms with Gasteiger partial charge in [-0.15, -0.1) is 0 Å². The average molecular weight is 451 g/mol. The first kappa shape index (κ1) is 21.9. The van der Waals surface area contributed by atoms with Crippen LogP contribution in [0.2, 0.25) is 5.02 Å². The molecule has 1 aliphatic rings. The maximum Gasteiger partial charge on any atom is 0.186 e. The van der Waals surface area contributed by atoms with Gasteiger partial charge < -0.3 is 21.5 Å². The number of aliphatic imine (C=N–C) groups is 1. The maximum absolute atomic E-state index is 5.98. The molecule has 1 saturated carbocycles. The Bertz CT molecular complexity index is 1140. The highest BCUT2D eigenvalue weighted by Crippen LogP contribution is 2.30. The zero-order valence-electron chi connectivity index (χ0n) is 18.0. The molecular formula is C24H27ClN6O. The van der Waals surface area contributed by atoms with Crippen LogP contribution in [0.15, 0.2) is 47.5 Å². The molecule has 0 spiro atoms. The molecule has 166 valence electrons. The predicted octanol–water partition coefficient (Wildman–Crippen LogP) is 4.46. The van der Waals surface area contributed by atoms with Gasteiger partial charge in [-0.2, -0.15) is 0 Å². The summed E-state index contributed by atoms with van der Waals surface area (Å²) >= 11 is 5.98. The van der Waals surface area contributed by atoms with Crippen molar-refractivity contribution in [2.75, 3.05) is 12.4 Å². The van der Waals surface area contributed by atoms with E-state index in [0.717, 1.165) is 53.7 Å². The Morgan fingerprint density at radius 2 is 1.88 bits per heavy atom. The number of fused-ring (bicyclic) bond motifs is 1. The van der Waals surface area contributed by atoms with E-state index in [1.54, 1.807) is 7.11 Å². The molecule has 0 amide bonds. The molecule has 2 aromatic carbocycles. The minimum atomic E-state index is 0.0115. The Morgan fingerprint density at radius 3 is 2.62 bits per heavy atom. The maximum atomic E-state index is 5.98. The Balaban J connectivity index is 1.71. The molecule has 1 heterocycles. The normalized spacial score (nSPS) is 18.6. The van der Waals surface area contributed by atoms with Gasteiger partial charge in [0.2, 0.25) is 0 Å². The van der Waals surface area contributed by atoms with Crippen LogP contribution < -0.4 is 21.5 Å². The molecule has 1 aliphatic carbocycles. The van der Waals surface area contributed by atoms with Crippen LogP contribution in [0.1, 0.15) is 37.1 Å². The largest absolute Gasteiger partial charge is 0.497 e. The van der Waals surface area contributed by atoms with E-state index in [1.165, 1.54) is 0 Å². The van der Waals surface area contributed by atoms with E-state index >= 15 is 0 Å². The number of methoxy groups -OCH3 is 1. The molecule has 2 unspecified atom stereocenters. The van der Waals surface area contributed by atoms with Crippen molar-refractivity contribution < 1.29 is 4.74 Å². The molecule has 0 bridgehead atoms. The van der Waals surface area contributed by atoms with Crippen LogP contribution in [0.5, 0.6) is 5.75 Å². The van der Waals surface area contributed by atoms with Crippen LogP contribution >= 0.6 is 11.6 Å². The quantitative estimate of drug-likeness (QED) is 0.377. The summed E-state index contributed by atoms with van der Waals surface area (Å²) in [6, 6.07) is 13.5. The number of halogens is 1. The molecule has 0 radical (unpaired) electrons. The van der Waals surface area contributed by atoms with Gasteiger partial charge in [0.05, 0.1) is 24.7 Å². The highest BCUT2D eigenvalue weighted by molar-refractivity contribution is 6.30. The fraction of sp³-hybridized carbons (Fsp3) is 0.292. The zero-order chi connectivity index (χ0) is 22.5. The molecule has 4 rings (SSSR count). The number of nitrogens with two attached hydrogens (primary N) is 2. The molecule has 3 aromatic rings. The van der Waals surface area contributed by atoms with Gasteiger partial charge in [0.1, 0.15) is 11.6 Å². The van der Waals surface area contributed by atoms with E-state index in [4.69, 9.17) is 37.8 Å². The van der Waals surface area contributed by atoms with Crippen LogP contribution in [0.4, 0.5) is 5.82 Å². The van der Waals surface area contributed by atoms with Gasteiger partial charge in [-0.25, -0.2) is 15.0 Å². The zero-order valence-corrected chi connectivity index (χ0v) is 18.7. The van der Waals surface area contributed by atoms with Crippen molar-refractivity contribution in [2.24, 2.45) is 16.5 Å². The van der Waals surface area contributed by atoms with Crippen molar-refractivity contribution in [3.63, 3.8) is 0 Å². The van der Waals surface area contributed by atoms with Crippen molar-refractivity contribution in [3.05, 3.63) is 58.9 Å². The number of hydrogen-bond donors (Lipinski definition) is 3. The lowest BCUT2D eigenvalue weighted by Crippen LogP contribution is -2.38. The third-order valence-electron chi connectivity index (χ3n) is 5.58. The van der Waals surface area contributed by atoms with Crippen LogP contribution in [-0.2, 0) is 0 Å². The molecule has 32 heavy (non-hydrogen) atoms. The van der Waals surface area contributed by atoms with Gasteiger partial charge in [0.15, 0.2) is 11.8 Å². The SMILES string of the molecule is COc1ccc2nc(C=Cc3ccc(Cl)cc3)nc(NC3CCCCC3N=C(N)N)c2c1. The first-order valence-corrected chi connectivity index (χ1v) is 11.0. The Morgan fingerprint density at radius 1 is 1.09 bits per heavy atom. The van der Waals surface area contributed by atoms with Crippen LogP contribution in [-0.4, -0.2) is 35.1 Å². The standard InChI is InChI=1S/C24H27ClN6O/c1-32-17-11-12-19-18(14-17)23(29-20-4-2-3-5-21(20)30-24(26)27)31-22(28-19)13-8-15-6-9-16(25)10-7-15/h6-14,20-21H,2-5H2,1H3,(H4,26,27,30)(H,28,29,31). The minimum Gasteiger partial charge on any atom is -0.497 e. The Labute approximate surface area is 192 Å². The number of anilines is 1. The lowest BCUT2D eigenvalue weighted by molar-refractivity contribution is 0.405. The molecule has 0 saturated heterocycles. The molecule has 1 fully saturated rings. The number of guanidine groups is 1.